The van der Waals surface area contributed by atoms with E-state index in [2.05, 4.69) is 12.2 Å². The highest BCUT2D eigenvalue weighted by Crippen LogP contribution is 2.16. The van der Waals surface area contributed by atoms with E-state index in [1.165, 1.54) is 19.3 Å². The standard InChI is InChI=1S/C18H29NO3/c1-3-5-6-7-8-9-18(20)19-16-10-12-17(13-11-16)22-15-14-21-4-2/h10-13H,3-9,14-15H2,1-2H3,(H,19,20). The first-order valence-corrected chi connectivity index (χ1v) is 8.36. The first kappa shape index (κ1) is 18.5. The number of rotatable bonds is 12. The van der Waals surface area contributed by atoms with Crippen molar-refractivity contribution in [1.82, 2.24) is 0 Å². The van der Waals surface area contributed by atoms with Gasteiger partial charge in [0.05, 0.1) is 6.61 Å². The van der Waals surface area contributed by atoms with Crippen molar-refractivity contribution in [1.29, 1.82) is 0 Å². The van der Waals surface area contributed by atoms with Gasteiger partial charge in [0.15, 0.2) is 0 Å². The Morgan fingerprint density at radius 2 is 1.73 bits per heavy atom. The van der Waals surface area contributed by atoms with Crippen LogP contribution in [-0.4, -0.2) is 25.7 Å². The second-order valence-corrected chi connectivity index (χ2v) is 5.28. The molecule has 0 heterocycles. The van der Waals surface area contributed by atoms with E-state index in [1.54, 1.807) is 0 Å². The van der Waals surface area contributed by atoms with Gasteiger partial charge in [0.25, 0.3) is 0 Å². The lowest BCUT2D eigenvalue weighted by atomic mass is 10.1. The van der Waals surface area contributed by atoms with E-state index in [-0.39, 0.29) is 5.91 Å². The summed E-state index contributed by atoms with van der Waals surface area (Å²) in [6.07, 6.45) is 6.39. The zero-order valence-corrected chi connectivity index (χ0v) is 13.9. The van der Waals surface area contributed by atoms with Crippen LogP contribution in [0.25, 0.3) is 0 Å². The summed E-state index contributed by atoms with van der Waals surface area (Å²) >= 11 is 0. The lowest BCUT2D eigenvalue weighted by Crippen LogP contribution is -2.11. The topological polar surface area (TPSA) is 47.6 Å². The molecule has 124 valence electrons. The van der Waals surface area contributed by atoms with Crippen molar-refractivity contribution in [2.75, 3.05) is 25.1 Å². The average molecular weight is 307 g/mol. The molecular formula is C18H29NO3. The molecule has 0 atom stereocenters. The zero-order chi connectivity index (χ0) is 16.0. The maximum atomic E-state index is 11.8. The monoisotopic (exact) mass is 307 g/mol. The third kappa shape index (κ3) is 8.67. The minimum atomic E-state index is 0.0847. The van der Waals surface area contributed by atoms with E-state index >= 15 is 0 Å². The number of amides is 1. The van der Waals surface area contributed by atoms with Gasteiger partial charge in [0.1, 0.15) is 12.4 Å². The van der Waals surface area contributed by atoms with Gasteiger partial charge in [0.2, 0.25) is 5.91 Å². The fourth-order valence-corrected chi connectivity index (χ4v) is 2.11. The van der Waals surface area contributed by atoms with Crippen molar-refractivity contribution in [2.24, 2.45) is 0 Å². The molecular weight excluding hydrogens is 278 g/mol. The van der Waals surface area contributed by atoms with Gasteiger partial charge in [-0.25, -0.2) is 0 Å². The summed E-state index contributed by atoms with van der Waals surface area (Å²) in [5.41, 5.74) is 0.815. The van der Waals surface area contributed by atoms with Crippen LogP contribution in [0.5, 0.6) is 5.75 Å². The lowest BCUT2D eigenvalue weighted by Gasteiger charge is -2.08. The maximum absolute atomic E-state index is 11.8. The van der Waals surface area contributed by atoms with Gasteiger partial charge in [0, 0.05) is 18.7 Å². The molecule has 1 rings (SSSR count). The van der Waals surface area contributed by atoms with Crippen molar-refractivity contribution >= 4 is 11.6 Å². The summed E-state index contributed by atoms with van der Waals surface area (Å²) in [4.78, 5) is 11.8. The highest BCUT2D eigenvalue weighted by atomic mass is 16.5. The van der Waals surface area contributed by atoms with Gasteiger partial charge >= 0.3 is 0 Å². The third-order valence-electron chi connectivity index (χ3n) is 3.35. The van der Waals surface area contributed by atoms with Crippen LogP contribution in [0.4, 0.5) is 5.69 Å². The van der Waals surface area contributed by atoms with Crippen LogP contribution in [0.15, 0.2) is 24.3 Å². The number of benzene rings is 1. The summed E-state index contributed by atoms with van der Waals surface area (Å²) in [6.45, 7) is 5.98. The SMILES string of the molecule is CCCCCCCC(=O)Nc1ccc(OCCOCC)cc1. The summed E-state index contributed by atoms with van der Waals surface area (Å²) < 4.78 is 10.7. The van der Waals surface area contributed by atoms with Crippen LogP contribution >= 0.6 is 0 Å². The Hall–Kier alpha value is -1.55. The zero-order valence-electron chi connectivity index (χ0n) is 13.9. The molecule has 0 radical (unpaired) electrons. The van der Waals surface area contributed by atoms with E-state index in [0.717, 1.165) is 24.3 Å². The van der Waals surface area contributed by atoms with Crippen LogP contribution in [0.2, 0.25) is 0 Å². The molecule has 0 aliphatic rings. The van der Waals surface area contributed by atoms with Crippen LogP contribution in [0.3, 0.4) is 0 Å². The number of hydrogen-bond donors (Lipinski definition) is 1. The number of hydrogen-bond acceptors (Lipinski definition) is 3. The van der Waals surface area contributed by atoms with E-state index in [1.807, 2.05) is 31.2 Å². The number of carbonyl (C=O) groups is 1. The van der Waals surface area contributed by atoms with E-state index in [0.29, 0.717) is 26.2 Å². The number of carbonyl (C=O) groups excluding carboxylic acids is 1. The second-order valence-electron chi connectivity index (χ2n) is 5.28. The number of nitrogens with one attached hydrogen (secondary N) is 1. The van der Waals surface area contributed by atoms with Crippen molar-refractivity contribution < 1.29 is 14.3 Å². The Morgan fingerprint density at radius 3 is 2.41 bits per heavy atom. The molecule has 4 heteroatoms. The number of ether oxygens (including phenoxy) is 2. The van der Waals surface area contributed by atoms with Gasteiger partial charge in [-0.1, -0.05) is 32.6 Å². The quantitative estimate of drug-likeness (QED) is 0.582. The molecule has 0 fully saturated rings. The number of anilines is 1. The molecule has 4 nitrogen and oxygen atoms in total. The average Bonchev–Trinajstić information content (AvgIpc) is 2.53. The Labute approximate surface area is 134 Å². The number of unbranched alkanes of at least 4 members (excludes halogenated alkanes) is 4. The molecule has 0 aliphatic heterocycles. The maximum Gasteiger partial charge on any atom is 0.224 e. The molecule has 22 heavy (non-hydrogen) atoms. The van der Waals surface area contributed by atoms with Crippen molar-refractivity contribution in [3.05, 3.63) is 24.3 Å². The van der Waals surface area contributed by atoms with Gasteiger partial charge < -0.3 is 14.8 Å². The van der Waals surface area contributed by atoms with E-state index in [4.69, 9.17) is 9.47 Å². The normalized spacial score (nSPS) is 10.5. The fourth-order valence-electron chi connectivity index (χ4n) is 2.11. The first-order valence-electron chi connectivity index (χ1n) is 8.36. The summed E-state index contributed by atoms with van der Waals surface area (Å²) in [7, 11) is 0. The summed E-state index contributed by atoms with van der Waals surface area (Å²) in [5.74, 6) is 0.874. The molecule has 1 N–H and O–H groups in total. The van der Waals surface area contributed by atoms with Crippen molar-refractivity contribution in [3.63, 3.8) is 0 Å². The van der Waals surface area contributed by atoms with Crippen LogP contribution < -0.4 is 10.1 Å². The second kappa shape index (κ2) is 12.0. The fraction of sp³-hybridized carbons (Fsp3) is 0.611. The minimum Gasteiger partial charge on any atom is -0.491 e. The Balaban J connectivity index is 2.21. The molecule has 0 saturated heterocycles. The van der Waals surface area contributed by atoms with E-state index < -0.39 is 0 Å². The Bertz CT molecular complexity index is 403. The predicted molar refractivity (Wildman–Crippen MR) is 90.4 cm³/mol. The molecule has 0 saturated carbocycles. The summed E-state index contributed by atoms with van der Waals surface area (Å²) in [6, 6.07) is 7.46. The summed E-state index contributed by atoms with van der Waals surface area (Å²) in [5, 5.41) is 2.92. The minimum absolute atomic E-state index is 0.0847. The molecule has 0 aliphatic carbocycles. The molecule has 1 aromatic carbocycles. The molecule has 1 aromatic rings. The van der Waals surface area contributed by atoms with E-state index in [9.17, 15) is 4.79 Å². The van der Waals surface area contributed by atoms with Crippen molar-refractivity contribution in [2.45, 2.75) is 52.4 Å². The van der Waals surface area contributed by atoms with Crippen LogP contribution in [0.1, 0.15) is 52.4 Å². The Morgan fingerprint density at radius 1 is 1.00 bits per heavy atom. The van der Waals surface area contributed by atoms with Gasteiger partial charge in [-0.3, -0.25) is 4.79 Å². The van der Waals surface area contributed by atoms with Crippen molar-refractivity contribution in [3.8, 4) is 5.75 Å². The third-order valence-corrected chi connectivity index (χ3v) is 3.35. The molecule has 1 amide bonds. The van der Waals surface area contributed by atoms with Gasteiger partial charge in [-0.05, 0) is 37.6 Å². The Kier molecular flexibility index (Phi) is 10.1. The van der Waals surface area contributed by atoms with Gasteiger partial charge in [-0.2, -0.15) is 0 Å². The molecule has 0 bridgehead atoms. The largest absolute Gasteiger partial charge is 0.491 e. The first-order chi connectivity index (χ1) is 10.8. The van der Waals surface area contributed by atoms with Gasteiger partial charge in [-0.15, -0.1) is 0 Å². The lowest BCUT2D eigenvalue weighted by molar-refractivity contribution is -0.116. The highest BCUT2D eigenvalue weighted by Gasteiger charge is 2.02. The molecule has 0 unspecified atom stereocenters. The van der Waals surface area contributed by atoms with Crippen LogP contribution in [-0.2, 0) is 9.53 Å². The molecule has 0 aromatic heterocycles. The molecule has 0 spiro atoms. The predicted octanol–water partition coefficient (Wildman–Crippen LogP) is 4.40. The smallest absolute Gasteiger partial charge is 0.224 e. The highest BCUT2D eigenvalue weighted by molar-refractivity contribution is 5.90. The van der Waals surface area contributed by atoms with Crippen LogP contribution in [0, 0.1) is 0 Å².